The van der Waals surface area contributed by atoms with Gasteiger partial charge in [0.05, 0.1) is 0 Å². The van der Waals surface area contributed by atoms with Crippen LogP contribution < -0.4 is 5.32 Å². The fraction of sp³-hybridized carbons (Fsp3) is 0.594. The van der Waals surface area contributed by atoms with Crippen LogP contribution in [0.3, 0.4) is 0 Å². The van der Waals surface area contributed by atoms with Gasteiger partial charge in [-0.15, -0.1) is 0 Å². The van der Waals surface area contributed by atoms with Gasteiger partial charge in [0.1, 0.15) is 0 Å². The molecule has 2 rings (SSSR count). The number of carbonyl (C=O) groups excluding carboxylic acids is 1. The van der Waals surface area contributed by atoms with Crippen LogP contribution in [0, 0.1) is 0 Å². The van der Waals surface area contributed by atoms with Crippen molar-refractivity contribution in [3.8, 4) is 0 Å². The highest BCUT2D eigenvalue weighted by Crippen LogP contribution is 2.13. The maximum atomic E-state index is 12.4. The second-order valence-corrected chi connectivity index (χ2v) is 10.2. The van der Waals surface area contributed by atoms with Crippen molar-refractivity contribution in [2.75, 3.05) is 6.54 Å². The van der Waals surface area contributed by atoms with E-state index >= 15 is 0 Å². The number of amides is 1. The van der Waals surface area contributed by atoms with Gasteiger partial charge in [-0.3, -0.25) is 4.79 Å². The normalized spacial score (nSPS) is 11.2. The smallest absolute Gasteiger partial charge is 0.251 e. The van der Waals surface area contributed by atoms with E-state index in [1.807, 2.05) is 24.3 Å². The van der Waals surface area contributed by atoms with Gasteiger partial charge in [0, 0.05) is 25.2 Å². The second-order valence-electron chi connectivity index (χ2n) is 10.2. The van der Waals surface area contributed by atoms with Crippen molar-refractivity contribution in [3.05, 3.63) is 70.8 Å². The summed E-state index contributed by atoms with van der Waals surface area (Å²) in [6, 6.07) is 16.1. The van der Waals surface area contributed by atoms with Crippen LogP contribution >= 0.6 is 0 Å². The van der Waals surface area contributed by atoms with E-state index in [-0.39, 0.29) is 5.91 Å². The first kappa shape index (κ1) is 30.1. The molecule has 1 amide bonds. The zero-order valence-electron chi connectivity index (χ0n) is 22.9. The van der Waals surface area contributed by atoms with Gasteiger partial charge in [-0.2, -0.15) is 5.06 Å². The molecular weight excluding hydrogens is 444 g/mol. The van der Waals surface area contributed by atoms with Crippen molar-refractivity contribution >= 4 is 5.91 Å². The maximum absolute atomic E-state index is 12.4. The number of nitrogens with zero attached hydrogens (tertiary/aromatic N) is 1. The summed E-state index contributed by atoms with van der Waals surface area (Å²) in [7, 11) is 0. The standard InChI is InChI=1S/C32H50N2O2/c1-3-5-7-8-9-10-11-12-13-15-25-33-32(35)31-23-21-30(22-24-31)27-34(36)26-29-19-17-28(18-20-29)16-14-6-4-2/h17-24,36H,3-16,25-27H2,1-2H3,(H,33,35). The summed E-state index contributed by atoms with van der Waals surface area (Å²) < 4.78 is 0. The molecule has 4 heteroatoms. The van der Waals surface area contributed by atoms with Crippen LogP contribution in [-0.2, 0) is 19.5 Å². The second kappa shape index (κ2) is 19.0. The molecule has 0 unspecified atom stereocenters. The lowest BCUT2D eigenvalue weighted by molar-refractivity contribution is -0.108. The average Bonchev–Trinajstić information content (AvgIpc) is 2.88. The molecule has 0 fully saturated rings. The minimum absolute atomic E-state index is 0.0163. The first-order chi connectivity index (χ1) is 17.6. The van der Waals surface area contributed by atoms with Crippen molar-refractivity contribution in [3.63, 3.8) is 0 Å². The molecule has 0 bridgehead atoms. The quantitative estimate of drug-likeness (QED) is 0.143. The van der Waals surface area contributed by atoms with Gasteiger partial charge in [0.2, 0.25) is 0 Å². The molecule has 200 valence electrons. The predicted molar refractivity (Wildman–Crippen MR) is 151 cm³/mol. The van der Waals surface area contributed by atoms with E-state index in [1.54, 1.807) is 0 Å². The molecular formula is C32H50N2O2. The van der Waals surface area contributed by atoms with E-state index in [2.05, 4.69) is 43.4 Å². The fourth-order valence-electron chi connectivity index (χ4n) is 4.55. The number of unbranched alkanes of at least 4 members (excludes halogenated alkanes) is 11. The molecule has 4 nitrogen and oxygen atoms in total. The molecule has 2 aromatic rings. The monoisotopic (exact) mass is 494 g/mol. The van der Waals surface area contributed by atoms with Crippen molar-refractivity contribution in [2.24, 2.45) is 0 Å². The van der Waals surface area contributed by atoms with Crippen LogP contribution in [0.25, 0.3) is 0 Å². The third-order valence-corrected chi connectivity index (χ3v) is 6.85. The Labute approximate surface area is 220 Å². The summed E-state index contributed by atoms with van der Waals surface area (Å²) in [5.74, 6) is -0.0163. The average molecular weight is 495 g/mol. The van der Waals surface area contributed by atoms with Crippen molar-refractivity contribution in [1.82, 2.24) is 10.4 Å². The van der Waals surface area contributed by atoms with Crippen LogP contribution in [-0.4, -0.2) is 22.7 Å². The number of carbonyl (C=O) groups is 1. The van der Waals surface area contributed by atoms with Crippen LogP contribution in [0.1, 0.15) is 124 Å². The summed E-state index contributed by atoms with van der Waals surface area (Å²) in [5.41, 5.74) is 4.12. The predicted octanol–water partition coefficient (Wildman–Crippen LogP) is 8.46. The van der Waals surface area contributed by atoms with Crippen LogP contribution in [0.4, 0.5) is 0 Å². The largest absolute Gasteiger partial charge is 0.352 e. The van der Waals surface area contributed by atoms with E-state index in [9.17, 15) is 10.0 Å². The van der Waals surface area contributed by atoms with Gasteiger partial charge in [0.25, 0.3) is 5.91 Å². The van der Waals surface area contributed by atoms with Crippen LogP contribution in [0.15, 0.2) is 48.5 Å². The van der Waals surface area contributed by atoms with E-state index in [4.69, 9.17) is 0 Å². The Morgan fingerprint density at radius 2 is 1.08 bits per heavy atom. The molecule has 0 heterocycles. The highest BCUT2D eigenvalue weighted by atomic mass is 16.5. The Hall–Kier alpha value is -2.17. The minimum Gasteiger partial charge on any atom is -0.352 e. The van der Waals surface area contributed by atoms with Gasteiger partial charge >= 0.3 is 0 Å². The van der Waals surface area contributed by atoms with Gasteiger partial charge in [-0.1, -0.05) is 121 Å². The maximum Gasteiger partial charge on any atom is 0.251 e. The number of benzene rings is 2. The molecule has 0 aliphatic rings. The molecule has 2 N–H and O–H groups in total. The summed E-state index contributed by atoms with van der Waals surface area (Å²) in [5, 5.41) is 14.8. The summed E-state index contributed by atoms with van der Waals surface area (Å²) >= 11 is 0. The van der Waals surface area contributed by atoms with E-state index in [1.165, 1.54) is 87.7 Å². The Kier molecular flexibility index (Phi) is 15.9. The van der Waals surface area contributed by atoms with E-state index < -0.39 is 0 Å². The lowest BCUT2D eigenvalue weighted by Gasteiger charge is -2.15. The zero-order chi connectivity index (χ0) is 25.8. The van der Waals surface area contributed by atoms with Crippen molar-refractivity contribution in [2.45, 2.75) is 117 Å². The molecule has 0 radical (unpaired) electrons. The lowest BCUT2D eigenvalue weighted by Crippen LogP contribution is -2.24. The molecule has 0 saturated heterocycles. The molecule has 0 aromatic heterocycles. The summed E-state index contributed by atoms with van der Waals surface area (Å²) in [6.07, 6.45) is 17.8. The molecule has 0 aliphatic carbocycles. The summed E-state index contributed by atoms with van der Waals surface area (Å²) in [6.45, 7) is 6.13. The highest BCUT2D eigenvalue weighted by molar-refractivity contribution is 5.94. The van der Waals surface area contributed by atoms with E-state index in [0.29, 0.717) is 18.7 Å². The number of hydrogen-bond donors (Lipinski definition) is 2. The first-order valence-electron chi connectivity index (χ1n) is 14.5. The zero-order valence-corrected chi connectivity index (χ0v) is 22.9. The number of hydrogen-bond acceptors (Lipinski definition) is 3. The van der Waals surface area contributed by atoms with Gasteiger partial charge in [-0.05, 0) is 48.1 Å². The fourth-order valence-corrected chi connectivity index (χ4v) is 4.55. The molecule has 0 spiro atoms. The Balaban J connectivity index is 1.60. The number of nitrogens with one attached hydrogen (secondary N) is 1. The van der Waals surface area contributed by atoms with Crippen molar-refractivity contribution in [1.29, 1.82) is 0 Å². The Morgan fingerprint density at radius 1 is 0.639 bits per heavy atom. The van der Waals surface area contributed by atoms with Crippen LogP contribution in [0.5, 0.6) is 0 Å². The lowest BCUT2D eigenvalue weighted by atomic mass is 10.1. The first-order valence-corrected chi connectivity index (χ1v) is 14.5. The number of aryl methyl sites for hydroxylation is 1. The highest BCUT2D eigenvalue weighted by Gasteiger charge is 2.08. The van der Waals surface area contributed by atoms with Gasteiger partial charge in [-0.25, -0.2) is 0 Å². The number of hydroxylamine groups is 2. The summed E-state index contributed by atoms with van der Waals surface area (Å²) in [4.78, 5) is 12.4. The van der Waals surface area contributed by atoms with Gasteiger partial charge < -0.3 is 10.5 Å². The molecule has 36 heavy (non-hydrogen) atoms. The SMILES string of the molecule is CCCCCCCCCCCCNC(=O)c1ccc(CN(O)Cc2ccc(CCCCC)cc2)cc1. The third-order valence-electron chi connectivity index (χ3n) is 6.85. The third kappa shape index (κ3) is 13.2. The minimum atomic E-state index is -0.0163. The molecule has 0 saturated carbocycles. The molecule has 2 aromatic carbocycles. The van der Waals surface area contributed by atoms with Gasteiger partial charge in [0.15, 0.2) is 0 Å². The van der Waals surface area contributed by atoms with Crippen LogP contribution in [0.2, 0.25) is 0 Å². The topological polar surface area (TPSA) is 52.6 Å². The Bertz CT molecular complexity index is 817. The van der Waals surface area contributed by atoms with E-state index in [0.717, 1.165) is 30.5 Å². The Morgan fingerprint density at radius 3 is 1.64 bits per heavy atom. The molecule has 0 aliphatic heterocycles. The number of rotatable bonds is 20. The van der Waals surface area contributed by atoms with Crippen molar-refractivity contribution < 1.29 is 10.0 Å². The molecule has 0 atom stereocenters.